The van der Waals surface area contributed by atoms with Crippen molar-refractivity contribution in [2.45, 2.75) is 39.2 Å². The number of methoxy groups -OCH3 is 2. The molecule has 2 heterocycles. The first-order chi connectivity index (χ1) is 15.2. The second-order valence-corrected chi connectivity index (χ2v) is 8.52. The molecule has 1 aromatic heterocycles. The van der Waals surface area contributed by atoms with E-state index in [0.717, 1.165) is 5.56 Å². The fourth-order valence-corrected chi connectivity index (χ4v) is 4.15. The lowest BCUT2D eigenvalue weighted by Gasteiger charge is -2.31. The van der Waals surface area contributed by atoms with Gasteiger partial charge in [0.2, 0.25) is 0 Å². The number of benzene rings is 2. The summed E-state index contributed by atoms with van der Waals surface area (Å²) in [5, 5.41) is 3.55. The number of fused-ring (bicyclic) bond motifs is 3. The van der Waals surface area contributed by atoms with E-state index in [-0.39, 0.29) is 23.9 Å². The molecule has 4 rings (SSSR count). The third-order valence-electron chi connectivity index (χ3n) is 5.66. The smallest absolute Gasteiger partial charge is 0.287 e. The molecule has 0 aliphatic carbocycles. The number of aryl methyl sites for hydroxylation is 1. The molecule has 7 heteroatoms. The van der Waals surface area contributed by atoms with Crippen molar-refractivity contribution in [3.05, 3.63) is 52.8 Å². The van der Waals surface area contributed by atoms with E-state index in [4.69, 9.17) is 18.6 Å². The van der Waals surface area contributed by atoms with Crippen molar-refractivity contribution >= 4 is 22.7 Å². The van der Waals surface area contributed by atoms with Gasteiger partial charge in [-0.25, -0.2) is 0 Å². The summed E-state index contributed by atoms with van der Waals surface area (Å²) >= 11 is 0. The van der Waals surface area contributed by atoms with Gasteiger partial charge in [-0.05, 0) is 57.0 Å². The number of furan rings is 1. The summed E-state index contributed by atoms with van der Waals surface area (Å²) in [4.78, 5) is 25.7. The Morgan fingerprint density at radius 1 is 1.12 bits per heavy atom. The predicted molar refractivity (Wildman–Crippen MR) is 120 cm³/mol. The molecule has 1 aliphatic heterocycles. The predicted octanol–water partition coefficient (Wildman–Crippen LogP) is 4.47. The van der Waals surface area contributed by atoms with Crippen LogP contribution in [0.25, 0.3) is 11.0 Å². The molecule has 0 saturated carbocycles. The van der Waals surface area contributed by atoms with Crippen LogP contribution in [0.15, 0.2) is 34.7 Å². The number of Topliss-reactive ketones (excluding diaryl/α,β-unsaturated/α-hetero) is 1. The van der Waals surface area contributed by atoms with Gasteiger partial charge in [0.05, 0.1) is 26.2 Å². The van der Waals surface area contributed by atoms with Gasteiger partial charge in [0.25, 0.3) is 5.91 Å². The summed E-state index contributed by atoms with van der Waals surface area (Å²) in [5.41, 5.74) is 2.08. The summed E-state index contributed by atoms with van der Waals surface area (Å²) in [6, 6.07) is 9.13. The van der Waals surface area contributed by atoms with E-state index in [0.29, 0.717) is 52.3 Å². The van der Waals surface area contributed by atoms with Crippen LogP contribution < -0.4 is 19.5 Å². The van der Waals surface area contributed by atoms with Crippen molar-refractivity contribution in [3.63, 3.8) is 0 Å². The zero-order chi connectivity index (χ0) is 23.0. The van der Waals surface area contributed by atoms with E-state index in [2.05, 4.69) is 5.32 Å². The van der Waals surface area contributed by atoms with Crippen molar-refractivity contribution in [1.29, 1.82) is 0 Å². The minimum atomic E-state index is -0.556. The van der Waals surface area contributed by atoms with Crippen LogP contribution in [-0.2, 0) is 6.42 Å². The van der Waals surface area contributed by atoms with Gasteiger partial charge < -0.3 is 23.9 Å². The van der Waals surface area contributed by atoms with Crippen LogP contribution in [0.4, 0.5) is 0 Å². The standard InChI is InChI=1S/C25H27NO6/c1-14-21-18(8-9-19-22(21)16(27)13-25(2,3)32-19)31-23(14)24(28)26-11-10-15-6-7-17(29-4)20(12-15)30-5/h6-9,12H,10-11,13H2,1-5H3,(H,26,28). The van der Waals surface area contributed by atoms with Gasteiger partial charge in [-0.2, -0.15) is 0 Å². The molecule has 32 heavy (non-hydrogen) atoms. The van der Waals surface area contributed by atoms with E-state index in [1.54, 1.807) is 33.3 Å². The molecule has 1 N–H and O–H groups in total. The molecule has 1 amide bonds. The van der Waals surface area contributed by atoms with E-state index < -0.39 is 5.60 Å². The number of ketones is 1. The first kappa shape index (κ1) is 21.7. The van der Waals surface area contributed by atoms with Crippen LogP contribution in [0.5, 0.6) is 17.2 Å². The Kier molecular flexibility index (Phi) is 5.59. The van der Waals surface area contributed by atoms with Gasteiger partial charge in [0, 0.05) is 17.5 Å². The average molecular weight is 437 g/mol. The van der Waals surface area contributed by atoms with Gasteiger partial charge in [-0.15, -0.1) is 0 Å². The molecule has 7 nitrogen and oxygen atoms in total. The highest BCUT2D eigenvalue weighted by Crippen LogP contribution is 2.40. The Morgan fingerprint density at radius 2 is 1.88 bits per heavy atom. The fraction of sp³-hybridized carbons (Fsp3) is 0.360. The SMILES string of the molecule is COc1ccc(CCNC(=O)c2oc3ccc4c(c3c2C)C(=O)CC(C)(C)O4)cc1OC. The Labute approximate surface area is 186 Å². The largest absolute Gasteiger partial charge is 0.493 e. The number of hydrogen-bond acceptors (Lipinski definition) is 6. The average Bonchev–Trinajstić information content (AvgIpc) is 3.09. The van der Waals surface area contributed by atoms with E-state index in [1.165, 1.54) is 0 Å². The van der Waals surface area contributed by atoms with Crippen molar-refractivity contribution in [3.8, 4) is 17.2 Å². The number of nitrogens with one attached hydrogen (secondary N) is 1. The first-order valence-electron chi connectivity index (χ1n) is 10.5. The molecule has 0 bridgehead atoms. The quantitative estimate of drug-likeness (QED) is 0.612. The third kappa shape index (κ3) is 3.90. The molecule has 0 unspecified atom stereocenters. The highest BCUT2D eigenvalue weighted by molar-refractivity contribution is 6.13. The van der Waals surface area contributed by atoms with Crippen molar-refractivity contribution < 1.29 is 28.2 Å². The highest BCUT2D eigenvalue weighted by atomic mass is 16.5. The number of carbonyl (C=O) groups is 2. The van der Waals surface area contributed by atoms with E-state index >= 15 is 0 Å². The summed E-state index contributed by atoms with van der Waals surface area (Å²) < 4.78 is 22.4. The second kappa shape index (κ2) is 8.22. The van der Waals surface area contributed by atoms with Gasteiger partial charge in [0.15, 0.2) is 23.0 Å². The molecule has 1 aliphatic rings. The molecule has 0 fully saturated rings. The van der Waals surface area contributed by atoms with E-state index in [1.807, 2.05) is 32.0 Å². The van der Waals surface area contributed by atoms with Gasteiger partial charge in [-0.1, -0.05) is 6.07 Å². The lowest BCUT2D eigenvalue weighted by molar-refractivity contribution is 0.0623. The van der Waals surface area contributed by atoms with Gasteiger partial charge in [0.1, 0.15) is 16.9 Å². The van der Waals surface area contributed by atoms with Crippen LogP contribution in [0, 0.1) is 6.92 Å². The lowest BCUT2D eigenvalue weighted by Crippen LogP contribution is -2.36. The van der Waals surface area contributed by atoms with Gasteiger partial charge in [-0.3, -0.25) is 9.59 Å². The number of amides is 1. The minimum absolute atomic E-state index is 0.00818. The zero-order valence-electron chi connectivity index (χ0n) is 19.0. The van der Waals surface area contributed by atoms with Crippen LogP contribution in [0.3, 0.4) is 0 Å². The van der Waals surface area contributed by atoms with Gasteiger partial charge >= 0.3 is 0 Å². The molecule has 3 aromatic rings. The number of ether oxygens (including phenoxy) is 3. The summed E-state index contributed by atoms with van der Waals surface area (Å²) in [6.45, 7) is 5.98. The van der Waals surface area contributed by atoms with Crippen molar-refractivity contribution in [1.82, 2.24) is 5.32 Å². The minimum Gasteiger partial charge on any atom is -0.493 e. The van der Waals surface area contributed by atoms with Crippen LogP contribution in [0.1, 0.15) is 52.3 Å². The molecular weight excluding hydrogens is 410 g/mol. The maximum atomic E-state index is 12.8. The van der Waals surface area contributed by atoms with Crippen molar-refractivity contribution in [2.24, 2.45) is 0 Å². The molecule has 168 valence electrons. The second-order valence-electron chi connectivity index (χ2n) is 8.52. The molecule has 0 atom stereocenters. The number of hydrogen-bond donors (Lipinski definition) is 1. The first-order valence-corrected chi connectivity index (χ1v) is 10.5. The maximum Gasteiger partial charge on any atom is 0.287 e. The molecule has 0 spiro atoms. The Hall–Kier alpha value is -3.48. The van der Waals surface area contributed by atoms with Crippen LogP contribution in [-0.4, -0.2) is 38.1 Å². The normalized spacial score (nSPS) is 14.6. The van der Waals surface area contributed by atoms with Crippen LogP contribution in [0.2, 0.25) is 0 Å². The zero-order valence-corrected chi connectivity index (χ0v) is 19.0. The number of rotatable bonds is 6. The molecular formula is C25H27NO6. The highest BCUT2D eigenvalue weighted by Gasteiger charge is 2.35. The van der Waals surface area contributed by atoms with Crippen molar-refractivity contribution in [2.75, 3.05) is 20.8 Å². The summed E-state index contributed by atoms with van der Waals surface area (Å²) in [5.74, 6) is 1.71. The Balaban J connectivity index is 1.53. The monoisotopic (exact) mass is 437 g/mol. The lowest BCUT2D eigenvalue weighted by atomic mass is 9.90. The fourth-order valence-electron chi connectivity index (χ4n) is 4.15. The van der Waals surface area contributed by atoms with E-state index in [9.17, 15) is 9.59 Å². The Bertz CT molecular complexity index is 1210. The third-order valence-corrected chi connectivity index (χ3v) is 5.66. The molecule has 0 saturated heterocycles. The maximum absolute atomic E-state index is 12.8. The number of carbonyl (C=O) groups excluding carboxylic acids is 2. The summed E-state index contributed by atoms with van der Waals surface area (Å²) in [6.07, 6.45) is 0.888. The molecule has 2 aromatic carbocycles. The summed E-state index contributed by atoms with van der Waals surface area (Å²) in [7, 11) is 3.17. The molecule has 0 radical (unpaired) electrons. The topological polar surface area (TPSA) is 87.0 Å². The van der Waals surface area contributed by atoms with Crippen LogP contribution >= 0.6 is 0 Å². The Morgan fingerprint density at radius 3 is 2.59 bits per heavy atom.